The largest absolute Gasteiger partial charge is 0.359 e. The first-order valence-corrected chi connectivity index (χ1v) is 7.38. The number of anilines is 1. The second-order valence-electron chi connectivity index (χ2n) is 5.24. The zero-order valence-corrected chi connectivity index (χ0v) is 13.3. The van der Waals surface area contributed by atoms with Crippen LogP contribution in [0.3, 0.4) is 0 Å². The number of aromatic nitrogens is 1. The molecule has 1 aromatic carbocycles. The maximum Gasteiger partial charge on any atom is 0.0415 e. The highest BCUT2D eigenvalue weighted by molar-refractivity contribution is 5.73. The molecule has 2 heteroatoms. The Morgan fingerprint density at radius 2 is 1.95 bits per heavy atom. The number of rotatable bonds is 6. The zero-order valence-electron chi connectivity index (χ0n) is 13.3. The van der Waals surface area contributed by atoms with Gasteiger partial charge in [-0.3, -0.25) is 4.98 Å². The summed E-state index contributed by atoms with van der Waals surface area (Å²) in [5.74, 6) is 0. The lowest BCUT2D eigenvalue weighted by Crippen LogP contribution is -2.02. The standard InChI is InChI=1S/C20H22N2/c1-5-18(6-2)19-9-7-17(8-10-19)13-16(4)22-20-11-12-21-15(3)14-20/h5-12,14H,1,4,13H2,2-3H3,(H,21,22)/b18-6+. The predicted octanol–water partition coefficient (Wildman–Crippen LogP) is 5.15. The number of benzene rings is 1. The molecule has 0 radical (unpaired) electrons. The van der Waals surface area contributed by atoms with Gasteiger partial charge in [0.15, 0.2) is 0 Å². The molecule has 0 fully saturated rings. The molecule has 2 rings (SSSR count). The lowest BCUT2D eigenvalue weighted by molar-refractivity contribution is 1.14. The van der Waals surface area contributed by atoms with Gasteiger partial charge in [-0.1, -0.05) is 49.6 Å². The Labute approximate surface area is 132 Å². The molecule has 1 aromatic heterocycles. The highest BCUT2D eigenvalue weighted by atomic mass is 14.9. The third kappa shape index (κ3) is 4.19. The van der Waals surface area contributed by atoms with Crippen molar-refractivity contribution in [3.05, 3.63) is 90.4 Å². The van der Waals surface area contributed by atoms with E-state index in [1.54, 1.807) is 6.20 Å². The van der Waals surface area contributed by atoms with Crippen molar-refractivity contribution >= 4 is 11.3 Å². The van der Waals surface area contributed by atoms with Gasteiger partial charge in [-0.15, -0.1) is 0 Å². The molecule has 0 spiro atoms. The molecule has 0 aliphatic rings. The van der Waals surface area contributed by atoms with E-state index in [9.17, 15) is 0 Å². The van der Waals surface area contributed by atoms with Crippen molar-refractivity contribution in [1.29, 1.82) is 0 Å². The molecule has 0 saturated carbocycles. The fourth-order valence-corrected chi connectivity index (χ4v) is 2.34. The highest BCUT2D eigenvalue weighted by Gasteiger charge is 2.01. The number of allylic oxidation sites excluding steroid dienone is 4. The second-order valence-corrected chi connectivity index (χ2v) is 5.24. The molecule has 22 heavy (non-hydrogen) atoms. The average Bonchev–Trinajstić information content (AvgIpc) is 2.50. The first-order chi connectivity index (χ1) is 10.6. The van der Waals surface area contributed by atoms with Gasteiger partial charge < -0.3 is 5.32 Å². The van der Waals surface area contributed by atoms with Gasteiger partial charge >= 0.3 is 0 Å². The Hall–Kier alpha value is -2.61. The molecule has 0 bridgehead atoms. The molecule has 0 aliphatic heterocycles. The van der Waals surface area contributed by atoms with Crippen LogP contribution in [0.2, 0.25) is 0 Å². The van der Waals surface area contributed by atoms with E-state index in [2.05, 4.69) is 53.8 Å². The van der Waals surface area contributed by atoms with E-state index < -0.39 is 0 Å². The predicted molar refractivity (Wildman–Crippen MR) is 95.7 cm³/mol. The molecule has 0 amide bonds. The quantitative estimate of drug-likeness (QED) is 0.744. The van der Waals surface area contributed by atoms with E-state index in [4.69, 9.17) is 0 Å². The lowest BCUT2D eigenvalue weighted by atomic mass is 10.0. The molecule has 0 saturated heterocycles. The number of hydrogen-bond donors (Lipinski definition) is 1. The Bertz CT molecular complexity index is 694. The Kier molecular flexibility index (Phi) is 5.31. The van der Waals surface area contributed by atoms with Crippen LogP contribution in [0.15, 0.2) is 73.6 Å². The van der Waals surface area contributed by atoms with E-state index in [-0.39, 0.29) is 0 Å². The molecule has 1 heterocycles. The summed E-state index contributed by atoms with van der Waals surface area (Å²) in [6, 6.07) is 12.5. The molecule has 1 N–H and O–H groups in total. The SMILES string of the molecule is C=C/C(=C\C)c1ccc(CC(=C)Nc2ccnc(C)c2)cc1. The Morgan fingerprint density at radius 1 is 1.23 bits per heavy atom. The Balaban J connectivity index is 2.01. The van der Waals surface area contributed by atoms with Crippen LogP contribution in [-0.2, 0) is 6.42 Å². The van der Waals surface area contributed by atoms with Gasteiger partial charge in [-0.2, -0.15) is 0 Å². The van der Waals surface area contributed by atoms with Gasteiger partial charge in [0.2, 0.25) is 0 Å². The zero-order chi connectivity index (χ0) is 15.9. The van der Waals surface area contributed by atoms with E-state index in [1.165, 1.54) is 11.1 Å². The molecular weight excluding hydrogens is 268 g/mol. The van der Waals surface area contributed by atoms with Gasteiger partial charge in [-0.05, 0) is 42.7 Å². The summed E-state index contributed by atoms with van der Waals surface area (Å²) in [6.45, 7) is 11.9. The van der Waals surface area contributed by atoms with E-state index >= 15 is 0 Å². The van der Waals surface area contributed by atoms with E-state index in [0.29, 0.717) is 0 Å². The minimum atomic E-state index is 0.793. The van der Waals surface area contributed by atoms with Crippen LogP contribution in [0, 0.1) is 6.92 Å². The summed E-state index contributed by atoms with van der Waals surface area (Å²) in [4.78, 5) is 4.19. The van der Waals surface area contributed by atoms with Crippen LogP contribution < -0.4 is 5.32 Å². The summed E-state index contributed by atoms with van der Waals surface area (Å²) in [7, 11) is 0. The third-order valence-corrected chi connectivity index (χ3v) is 3.45. The molecule has 0 aliphatic carbocycles. The van der Waals surface area contributed by atoms with Crippen LogP contribution >= 0.6 is 0 Å². The number of nitrogens with zero attached hydrogens (tertiary/aromatic N) is 1. The number of aryl methyl sites for hydroxylation is 1. The first-order valence-electron chi connectivity index (χ1n) is 7.38. The molecule has 2 nitrogen and oxygen atoms in total. The summed E-state index contributed by atoms with van der Waals surface area (Å²) in [6.07, 6.45) is 6.53. The van der Waals surface area contributed by atoms with Crippen LogP contribution in [0.5, 0.6) is 0 Å². The molecule has 0 atom stereocenters. The normalized spacial score (nSPS) is 11.1. The molecular formula is C20H22N2. The van der Waals surface area contributed by atoms with Crippen molar-refractivity contribution in [3.63, 3.8) is 0 Å². The monoisotopic (exact) mass is 290 g/mol. The number of nitrogens with one attached hydrogen (secondary N) is 1. The minimum Gasteiger partial charge on any atom is -0.359 e. The van der Waals surface area contributed by atoms with Gasteiger partial charge in [-0.25, -0.2) is 0 Å². The number of pyridine rings is 1. The van der Waals surface area contributed by atoms with Crippen LogP contribution in [0.4, 0.5) is 5.69 Å². The molecule has 0 unspecified atom stereocenters. The molecule has 2 aromatic rings. The van der Waals surface area contributed by atoms with Crippen LogP contribution in [-0.4, -0.2) is 4.98 Å². The van der Waals surface area contributed by atoms with Crippen molar-refractivity contribution in [3.8, 4) is 0 Å². The summed E-state index contributed by atoms with van der Waals surface area (Å²) < 4.78 is 0. The van der Waals surface area contributed by atoms with Crippen molar-refractivity contribution in [2.75, 3.05) is 5.32 Å². The Morgan fingerprint density at radius 3 is 2.55 bits per heavy atom. The summed E-state index contributed by atoms with van der Waals surface area (Å²) in [5, 5.41) is 3.33. The third-order valence-electron chi connectivity index (χ3n) is 3.45. The van der Waals surface area contributed by atoms with Crippen molar-refractivity contribution < 1.29 is 0 Å². The molecule has 112 valence electrons. The number of hydrogen-bond acceptors (Lipinski definition) is 2. The van der Waals surface area contributed by atoms with Crippen LogP contribution in [0.25, 0.3) is 5.57 Å². The van der Waals surface area contributed by atoms with E-state index in [1.807, 2.05) is 32.1 Å². The van der Waals surface area contributed by atoms with Gasteiger partial charge in [0.1, 0.15) is 0 Å². The average molecular weight is 290 g/mol. The summed E-state index contributed by atoms with van der Waals surface area (Å²) in [5.41, 5.74) is 6.54. The van der Waals surface area contributed by atoms with Crippen molar-refractivity contribution in [2.24, 2.45) is 0 Å². The lowest BCUT2D eigenvalue weighted by Gasteiger charge is -2.11. The van der Waals surface area contributed by atoms with Crippen molar-refractivity contribution in [1.82, 2.24) is 4.98 Å². The minimum absolute atomic E-state index is 0.793. The van der Waals surface area contributed by atoms with E-state index in [0.717, 1.165) is 29.1 Å². The van der Waals surface area contributed by atoms with Gasteiger partial charge in [0, 0.05) is 29.7 Å². The maximum atomic E-state index is 4.19. The van der Waals surface area contributed by atoms with Gasteiger partial charge in [0.25, 0.3) is 0 Å². The smallest absolute Gasteiger partial charge is 0.0415 e. The topological polar surface area (TPSA) is 24.9 Å². The second kappa shape index (κ2) is 7.41. The van der Waals surface area contributed by atoms with Crippen molar-refractivity contribution in [2.45, 2.75) is 20.3 Å². The first kappa shape index (κ1) is 15.8. The van der Waals surface area contributed by atoms with Crippen LogP contribution in [0.1, 0.15) is 23.7 Å². The maximum absolute atomic E-state index is 4.19. The van der Waals surface area contributed by atoms with Gasteiger partial charge in [0.05, 0.1) is 0 Å². The fourth-order valence-electron chi connectivity index (χ4n) is 2.34. The fraction of sp³-hybridized carbons (Fsp3) is 0.150. The highest BCUT2D eigenvalue weighted by Crippen LogP contribution is 2.18. The summed E-state index contributed by atoms with van der Waals surface area (Å²) >= 11 is 0.